The number of carboxylic acids is 1. The van der Waals surface area contributed by atoms with Gasteiger partial charge in [-0.25, -0.2) is 23.5 Å². The molecule has 0 bridgehead atoms. The maximum absolute atomic E-state index is 14.8. The number of aromatic nitrogens is 5. The molecule has 0 amide bonds. The number of anilines is 1. The Morgan fingerprint density at radius 3 is 2.77 bits per heavy atom. The van der Waals surface area contributed by atoms with Crippen molar-refractivity contribution in [3.8, 4) is 22.9 Å². The van der Waals surface area contributed by atoms with Gasteiger partial charge < -0.3 is 14.5 Å². The Hall–Kier alpha value is -4.15. The highest BCUT2D eigenvalue weighted by atomic mass is 19.1. The normalized spacial score (nSPS) is 22.9. The topological polar surface area (TPSA) is 110 Å². The van der Waals surface area contributed by atoms with E-state index in [1.54, 1.807) is 35.0 Å². The first-order chi connectivity index (χ1) is 16.9. The van der Waals surface area contributed by atoms with Crippen LogP contribution >= 0.6 is 0 Å². The first-order valence-electron chi connectivity index (χ1n) is 11.2. The molecule has 1 N–H and O–H groups in total. The average molecular weight is 478 g/mol. The average Bonchev–Trinajstić information content (AvgIpc) is 3.34. The predicted octanol–water partition coefficient (Wildman–Crippen LogP) is 3.48. The molecule has 4 atom stereocenters. The number of halogens is 2. The quantitative estimate of drug-likeness (QED) is 0.449. The monoisotopic (exact) mass is 478 g/mol. The number of piperidine rings is 1. The van der Waals surface area contributed by atoms with Crippen molar-refractivity contribution in [2.75, 3.05) is 11.4 Å². The minimum Gasteiger partial charge on any atom is -0.480 e. The molecule has 11 heteroatoms. The van der Waals surface area contributed by atoms with E-state index in [0.717, 1.165) is 6.20 Å². The number of benzene rings is 1. The second kappa shape index (κ2) is 7.97. The van der Waals surface area contributed by atoms with Gasteiger partial charge in [0.25, 0.3) is 0 Å². The van der Waals surface area contributed by atoms with Crippen molar-refractivity contribution in [1.29, 1.82) is 0 Å². The van der Waals surface area contributed by atoms with Crippen molar-refractivity contribution >= 4 is 11.8 Å². The van der Waals surface area contributed by atoms with Gasteiger partial charge in [0.05, 0.1) is 18.4 Å². The lowest BCUT2D eigenvalue weighted by Gasteiger charge is -2.26. The van der Waals surface area contributed by atoms with E-state index in [1.807, 2.05) is 6.92 Å². The van der Waals surface area contributed by atoms with E-state index in [-0.39, 0.29) is 41.8 Å². The molecule has 1 aromatic carbocycles. The number of carboxylic acid groups (broad SMARTS) is 1. The summed E-state index contributed by atoms with van der Waals surface area (Å²) in [6.45, 7) is 2.54. The molecular weight excluding hydrogens is 458 g/mol. The van der Waals surface area contributed by atoms with Crippen LogP contribution < -0.4 is 4.90 Å². The van der Waals surface area contributed by atoms with E-state index in [9.17, 15) is 18.7 Å². The Balaban J connectivity index is 1.39. The molecule has 0 radical (unpaired) electrons. The Labute approximate surface area is 198 Å². The van der Waals surface area contributed by atoms with Crippen molar-refractivity contribution in [1.82, 2.24) is 24.9 Å². The van der Waals surface area contributed by atoms with E-state index in [4.69, 9.17) is 4.52 Å². The van der Waals surface area contributed by atoms with E-state index in [2.05, 4.69) is 20.2 Å². The molecule has 1 saturated carbocycles. The molecule has 2 aliphatic rings. The molecular formula is C24H20F2N6O3. The zero-order valence-corrected chi connectivity index (χ0v) is 18.5. The molecule has 4 heterocycles. The highest BCUT2D eigenvalue weighted by Gasteiger charge is 2.62. The lowest BCUT2D eigenvalue weighted by atomic mass is 10.1. The second-order valence-corrected chi connectivity index (χ2v) is 8.95. The molecule has 4 aromatic rings. The van der Waals surface area contributed by atoms with Crippen LogP contribution in [0, 0.1) is 29.4 Å². The third-order valence-electron chi connectivity index (χ3n) is 6.98. The number of hydrogen-bond acceptors (Lipinski definition) is 7. The summed E-state index contributed by atoms with van der Waals surface area (Å²) in [5, 5.41) is 18.3. The number of rotatable bonds is 6. The number of aliphatic carboxylic acids is 1. The van der Waals surface area contributed by atoms with Gasteiger partial charge in [-0.2, -0.15) is 5.10 Å². The maximum Gasteiger partial charge on any atom is 0.326 e. The van der Waals surface area contributed by atoms with E-state index < -0.39 is 17.8 Å². The van der Waals surface area contributed by atoms with Crippen LogP contribution in [0.15, 0.2) is 53.4 Å². The lowest BCUT2D eigenvalue weighted by molar-refractivity contribution is -0.138. The third-order valence-corrected chi connectivity index (χ3v) is 6.98. The number of fused-ring (bicyclic) bond motifs is 1. The number of hydrogen-bond donors (Lipinski definition) is 1. The third kappa shape index (κ3) is 3.54. The second-order valence-electron chi connectivity index (χ2n) is 8.95. The Morgan fingerprint density at radius 1 is 1.20 bits per heavy atom. The highest BCUT2D eigenvalue weighted by Crippen LogP contribution is 2.56. The fourth-order valence-electron chi connectivity index (χ4n) is 5.12. The van der Waals surface area contributed by atoms with E-state index >= 15 is 0 Å². The van der Waals surface area contributed by atoms with Crippen LogP contribution in [-0.4, -0.2) is 48.6 Å². The largest absolute Gasteiger partial charge is 0.480 e. The molecule has 0 spiro atoms. The molecule has 9 nitrogen and oxygen atoms in total. The fourth-order valence-corrected chi connectivity index (χ4v) is 5.12. The molecule has 1 aliphatic carbocycles. The van der Waals surface area contributed by atoms with Crippen LogP contribution in [0.3, 0.4) is 0 Å². The van der Waals surface area contributed by atoms with Gasteiger partial charge >= 0.3 is 5.97 Å². The maximum atomic E-state index is 14.8. The Kier molecular flexibility index (Phi) is 4.87. The van der Waals surface area contributed by atoms with E-state index in [1.165, 1.54) is 17.2 Å². The van der Waals surface area contributed by atoms with Gasteiger partial charge in [0.2, 0.25) is 0 Å². The van der Waals surface area contributed by atoms with Crippen molar-refractivity contribution in [3.05, 3.63) is 66.1 Å². The van der Waals surface area contributed by atoms with Gasteiger partial charge in [-0.15, -0.1) is 0 Å². The van der Waals surface area contributed by atoms with Crippen molar-refractivity contribution in [2.24, 2.45) is 17.8 Å². The molecule has 6 rings (SSSR count). The molecule has 35 heavy (non-hydrogen) atoms. The molecule has 4 unspecified atom stereocenters. The summed E-state index contributed by atoms with van der Waals surface area (Å²) in [5.41, 5.74) is 1.74. The first-order valence-corrected chi connectivity index (χ1v) is 11.2. The zero-order chi connectivity index (χ0) is 24.3. The van der Waals surface area contributed by atoms with Crippen LogP contribution in [0.25, 0.3) is 22.9 Å². The molecule has 2 fully saturated rings. The Morgan fingerprint density at radius 2 is 2.03 bits per heavy atom. The van der Waals surface area contributed by atoms with Gasteiger partial charge in [0.15, 0.2) is 17.5 Å². The molecule has 1 aliphatic heterocycles. The van der Waals surface area contributed by atoms with Crippen LogP contribution in [0.1, 0.15) is 12.5 Å². The smallest absolute Gasteiger partial charge is 0.326 e. The predicted molar refractivity (Wildman–Crippen MR) is 119 cm³/mol. The van der Waals surface area contributed by atoms with Gasteiger partial charge in [0, 0.05) is 18.2 Å². The van der Waals surface area contributed by atoms with Crippen LogP contribution in [0.4, 0.5) is 14.6 Å². The minimum absolute atomic E-state index is 0.0240. The van der Waals surface area contributed by atoms with Crippen molar-refractivity contribution in [3.63, 3.8) is 0 Å². The van der Waals surface area contributed by atoms with E-state index in [0.29, 0.717) is 29.2 Å². The first kappa shape index (κ1) is 21.4. The lowest BCUT2D eigenvalue weighted by Crippen LogP contribution is -2.41. The number of carbonyl (C=O) groups is 1. The van der Waals surface area contributed by atoms with Gasteiger partial charge in [0.1, 0.15) is 29.5 Å². The minimum atomic E-state index is -0.996. The molecule has 1 saturated heterocycles. The highest BCUT2D eigenvalue weighted by molar-refractivity contribution is 5.80. The van der Waals surface area contributed by atoms with Crippen LogP contribution in [0.2, 0.25) is 0 Å². The summed E-state index contributed by atoms with van der Waals surface area (Å²) in [6, 6.07) is 8.82. The summed E-state index contributed by atoms with van der Waals surface area (Å²) in [5.74, 6) is -1.55. The standard InChI is InChI=1S/C24H20F2N6O3/c1-12-14-11-31(21(20(12)14)24(33)34)23-16(26)9-27-22(28-23)18-8-19(17-6-7-35-30-17)32(29-18)10-13-4-2-3-5-15(13)25/h2-9,12,14,20-21H,10-11H2,1H3,(H,33,34). The summed E-state index contributed by atoms with van der Waals surface area (Å²) >= 11 is 0. The SMILES string of the molecule is CC1C2CN(c3nc(-c4cc(-c5ccon5)n(Cc5ccccc5F)n4)ncc3F)C(C(=O)O)C12. The number of nitrogens with zero attached hydrogens (tertiary/aromatic N) is 6. The summed E-state index contributed by atoms with van der Waals surface area (Å²) in [6.07, 6.45) is 2.43. The summed E-state index contributed by atoms with van der Waals surface area (Å²) in [7, 11) is 0. The van der Waals surface area contributed by atoms with Crippen molar-refractivity contribution in [2.45, 2.75) is 19.5 Å². The molecule has 178 valence electrons. The molecule has 3 aromatic heterocycles. The summed E-state index contributed by atoms with van der Waals surface area (Å²) < 4.78 is 35.6. The summed E-state index contributed by atoms with van der Waals surface area (Å²) in [4.78, 5) is 21.9. The van der Waals surface area contributed by atoms with Crippen molar-refractivity contribution < 1.29 is 23.2 Å². The Bertz CT molecular complexity index is 1420. The van der Waals surface area contributed by atoms with Gasteiger partial charge in [-0.05, 0) is 29.9 Å². The zero-order valence-electron chi connectivity index (χ0n) is 18.5. The van der Waals surface area contributed by atoms with Gasteiger partial charge in [-0.3, -0.25) is 4.68 Å². The van der Waals surface area contributed by atoms with Crippen LogP contribution in [0.5, 0.6) is 0 Å². The van der Waals surface area contributed by atoms with Gasteiger partial charge in [-0.1, -0.05) is 30.3 Å². The van der Waals surface area contributed by atoms with Crippen LogP contribution in [-0.2, 0) is 11.3 Å². The fraction of sp³-hybridized carbons (Fsp3) is 0.292.